The van der Waals surface area contributed by atoms with E-state index < -0.39 is 5.97 Å². The highest BCUT2D eigenvalue weighted by Gasteiger charge is 2.21. The number of aromatic carboxylic acids is 1. The van der Waals surface area contributed by atoms with Crippen LogP contribution in [-0.2, 0) is 0 Å². The summed E-state index contributed by atoms with van der Waals surface area (Å²) < 4.78 is 0. The van der Waals surface area contributed by atoms with Crippen molar-refractivity contribution in [1.82, 2.24) is 19.9 Å². The van der Waals surface area contributed by atoms with E-state index in [2.05, 4.69) is 47.9 Å². The Morgan fingerprint density at radius 1 is 1.16 bits per heavy atom. The van der Waals surface area contributed by atoms with Gasteiger partial charge in [-0.2, -0.15) is 15.0 Å². The van der Waals surface area contributed by atoms with Crippen molar-refractivity contribution in [1.29, 1.82) is 0 Å². The van der Waals surface area contributed by atoms with Gasteiger partial charge in [0, 0.05) is 38.9 Å². The number of aromatic nitrogens is 3. The van der Waals surface area contributed by atoms with Crippen molar-refractivity contribution in [2.24, 2.45) is 5.41 Å². The van der Waals surface area contributed by atoms with Crippen molar-refractivity contribution in [3.05, 3.63) is 29.3 Å². The molecule has 1 fully saturated rings. The molecule has 0 bridgehead atoms. The minimum atomic E-state index is -0.969. The first-order chi connectivity index (χ1) is 15.0. The van der Waals surface area contributed by atoms with Crippen molar-refractivity contribution in [2.45, 2.75) is 34.1 Å². The number of carboxylic acids is 1. The molecule has 1 aromatic carbocycles. The molecule has 174 valence electrons. The molecule has 1 aliphatic rings. The summed E-state index contributed by atoms with van der Waals surface area (Å²) in [5.41, 5.74) is 1.88. The molecule has 2 aromatic rings. The maximum atomic E-state index is 11.4. The van der Waals surface area contributed by atoms with Gasteiger partial charge in [-0.1, -0.05) is 26.8 Å². The number of carboxylic acid groups (broad SMARTS) is 1. The zero-order chi connectivity index (χ0) is 23.5. The van der Waals surface area contributed by atoms with Crippen molar-refractivity contribution in [2.75, 3.05) is 61.9 Å². The Kier molecular flexibility index (Phi) is 7.18. The Balaban J connectivity index is 1.98. The summed E-state index contributed by atoms with van der Waals surface area (Å²) in [6.45, 7) is 13.0. The van der Waals surface area contributed by atoms with Gasteiger partial charge in [0.1, 0.15) is 0 Å². The number of likely N-dealkylation sites (N-methyl/N-ethyl adjacent to an activating group) is 1. The Hall–Kier alpha value is -2.94. The van der Waals surface area contributed by atoms with Crippen LogP contribution in [0.3, 0.4) is 0 Å². The topological polar surface area (TPSA) is 97.7 Å². The van der Waals surface area contributed by atoms with E-state index >= 15 is 0 Å². The third-order valence-electron chi connectivity index (χ3n) is 5.40. The molecule has 0 radical (unpaired) electrons. The second kappa shape index (κ2) is 9.68. The number of rotatable bonds is 6. The Bertz CT molecular complexity index is 958. The summed E-state index contributed by atoms with van der Waals surface area (Å²) in [6.07, 6.45) is 1.04. The first-order valence-electron chi connectivity index (χ1n) is 11.0. The number of hydrogen-bond acceptors (Lipinski definition) is 8. The molecule has 0 unspecified atom stereocenters. The highest BCUT2D eigenvalue weighted by molar-refractivity contribution is 5.89. The van der Waals surface area contributed by atoms with E-state index in [4.69, 9.17) is 9.97 Å². The molecule has 1 aromatic heterocycles. The van der Waals surface area contributed by atoms with Crippen LogP contribution in [0.4, 0.5) is 23.5 Å². The van der Waals surface area contributed by atoms with Gasteiger partial charge in [-0.05, 0) is 50.0 Å². The van der Waals surface area contributed by atoms with Crippen LogP contribution in [0.5, 0.6) is 0 Å². The highest BCUT2D eigenvalue weighted by atomic mass is 16.4. The number of hydrogen-bond donors (Lipinski definition) is 2. The predicted molar refractivity (Wildman–Crippen MR) is 128 cm³/mol. The Morgan fingerprint density at radius 2 is 1.91 bits per heavy atom. The molecule has 0 amide bonds. The molecule has 0 saturated carbocycles. The summed E-state index contributed by atoms with van der Waals surface area (Å²) >= 11 is 0. The zero-order valence-corrected chi connectivity index (χ0v) is 20.0. The zero-order valence-electron chi connectivity index (χ0n) is 20.0. The van der Waals surface area contributed by atoms with Crippen molar-refractivity contribution in [3.63, 3.8) is 0 Å². The standard InChI is InChI=1S/C23H35N7O2/c1-16-8-9-17(19(31)32)14-18(16)24-20-25-21(29(6)15-23(2,3)4)27-22(26-20)30-11-7-10-28(5)12-13-30/h8-9,14H,7,10-13,15H2,1-6H3,(H,31,32)(H,24,25,26,27). The fraction of sp³-hybridized carbons (Fsp3) is 0.565. The average molecular weight is 442 g/mol. The maximum Gasteiger partial charge on any atom is 0.335 e. The number of carbonyl (C=O) groups is 1. The molecular weight excluding hydrogens is 406 g/mol. The summed E-state index contributed by atoms with van der Waals surface area (Å²) in [5.74, 6) is 0.676. The monoisotopic (exact) mass is 441 g/mol. The van der Waals surface area contributed by atoms with E-state index in [1.54, 1.807) is 18.2 Å². The lowest BCUT2D eigenvalue weighted by Crippen LogP contribution is -2.33. The number of nitrogens with zero attached hydrogens (tertiary/aromatic N) is 6. The largest absolute Gasteiger partial charge is 0.478 e. The Morgan fingerprint density at radius 3 is 2.59 bits per heavy atom. The Labute approximate surface area is 190 Å². The van der Waals surface area contributed by atoms with Gasteiger partial charge in [0.2, 0.25) is 17.8 Å². The van der Waals surface area contributed by atoms with Crippen LogP contribution in [0.2, 0.25) is 0 Å². The van der Waals surface area contributed by atoms with Gasteiger partial charge in [-0.3, -0.25) is 0 Å². The van der Waals surface area contributed by atoms with Crippen LogP contribution in [0.15, 0.2) is 18.2 Å². The van der Waals surface area contributed by atoms with Gasteiger partial charge in [0.05, 0.1) is 5.56 Å². The van der Waals surface area contributed by atoms with E-state index in [9.17, 15) is 9.90 Å². The summed E-state index contributed by atoms with van der Waals surface area (Å²) in [5, 5.41) is 12.6. The lowest BCUT2D eigenvalue weighted by atomic mass is 9.96. The van der Waals surface area contributed by atoms with Crippen molar-refractivity contribution < 1.29 is 9.90 Å². The van der Waals surface area contributed by atoms with E-state index in [1.807, 2.05) is 18.9 Å². The summed E-state index contributed by atoms with van der Waals surface area (Å²) in [4.78, 5) is 32.2. The molecule has 0 atom stereocenters. The van der Waals surface area contributed by atoms with Crippen LogP contribution >= 0.6 is 0 Å². The molecule has 2 N–H and O–H groups in total. The third kappa shape index (κ3) is 6.29. The van der Waals surface area contributed by atoms with Gasteiger partial charge >= 0.3 is 5.97 Å². The van der Waals surface area contributed by atoms with E-state index in [0.717, 1.165) is 44.7 Å². The fourth-order valence-electron chi connectivity index (χ4n) is 3.76. The van der Waals surface area contributed by atoms with Gasteiger partial charge in [0.25, 0.3) is 0 Å². The minimum absolute atomic E-state index is 0.0762. The fourth-order valence-corrected chi connectivity index (χ4v) is 3.76. The van der Waals surface area contributed by atoms with E-state index in [1.165, 1.54) is 0 Å². The second-order valence-electron chi connectivity index (χ2n) is 9.78. The average Bonchev–Trinajstić information content (AvgIpc) is 2.92. The minimum Gasteiger partial charge on any atom is -0.478 e. The van der Waals surface area contributed by atoms with Gasteiger partial charge in [-0.25, -0.2) is 4.79 Å². The normalized spacial score (nSPS) is 15.4. The van der Waals surface area contributed by atoms with Gasteiger partial charge in [0.15, 0.2) is 0 Å². The van der Waals surface area contributed by atoms with Gasteiger partial charge in [-0.15, -0.1) is 0 Å². The van der Waals surface area contributed by atoms with Gasteiger partial charge < -0.3 is 25.1 Å². The molecular formula is C23H35N7O2. The first-order valence-corrected chi connectivity index (χ1v) is 11.0. The lowest BCUT2D eigenvalue weighted by Gasteiger charge is -2.28. The molecule has 0 aliphatic carbocycles. The molecule has 3 rings (SSSR count). The quantitative estimate of drug-likeness (QED) is 0.700. The molecule has 0 spiro atoms. The van der Waals surface area contributed by atoms with Crippen LogP contribution in [0.25, 0.3) is 0 Å². The molecule has 1 aliphatic heterocycles. The maximum absolute atomic E-state index is 11.4. The molecule has 1 saturated heterocycles. The van der Waals surface area contributed by atoms with Crippen LogP contribution in [0, 0.1) is 12.3 Å². The van der Waals surface area contributed by atoms with E-state index in [0.29, 0.717) is 23.5 Å². The van der Waals surface area contributed by atoms with Crippen molar-refractivity contribution >= 4 is 29.5 Å². The summed E-state index contributed by atoms with van der Waals surface area (Å²) in [7, 11) is 4.12. The smallest absolute Gasteiger partial charge is 0.335 e. The van der Waals surface area contributed by atoms with Crippen molar-refractivity contribution in [3.8, 4) is 0 Å². The summed E-state index contributed by atoms with van der Waals surface area (Å²) in [6, 6.07) is 4.99. The van der Waals surface area contributed by atoms with Crippen LogP contribution in [0.1, 0.15) is 43.1 Å². The SMILES string of the molecule is Cc1ccc(C(=O)O)cc1Nc1nc(N(C)CC(C)(C)C)nc(N2CCCN(C)CC2)n1. The molecule has 9 nitrogen and oxygen atoms in total. The van der Waals surface area contributed by atoms with E-state index in [-0.39, 0.29) is 11.0 Å². The number of aryl methyl sites for hydroxylation is 1. The lowest BCUT2D eigenvalue weighted by molar-refractivity contribution is 0.0697. The first kappa shape index (κ1) is 23.7. The number of nitrogens with one attached hydrogen (secondary N) is 1. The second-order valence-corrected chi connectivity index (χ2v) is 9.78. The number of anilines is 4. The van der Waals surface area contributed by atoms with Crippen LogP contribution in [-0.4, -0.2) is 77.7 Å². The molecule has 9 heteroatoms. The molecule has 2 heterocycles. The highest BCUT2D eigenvalue weighted by Crippen LogP contribution is 2.25. The number of benzene rings is 1. The third-order valence-corrected chi connectivity index (χ3v) is 5.40. The predicted octanol–water partition coefficient (Wildman–Crippen LogP) is 3.25. The van der Waals surface area contributed by atoms with Crippen LogP contribution < -0.4 is 15.1 Å². The molecule has 32 heavy (non-hydrogen) atoms.